The van der Waals surface area contributed by atoms with Crippen molar-refractivity contribution < 1.29 is 14.3 Å². The Bertz CT molecular complexity index is 252. The van der Waals surface area contributed by atoms with Gasteiger partial charge in [0.15, 0.2) is 0 Å². The number of amides is 1. The third-order valence-corrected chi connectivity index (χ3v) is 2.90. The van der Waals surface area contributed by atoms with E-state index >= 15 is 0 Å². The number of hydrogen-bond acceptors (Lipinski definition) is 2. The number of nitrogens with zero attached hydrogens (tertiary/aromatic N) is 1. The van der Waals surface area contributed by atoms with E-state index in [1.165, 1.54) is 4.90 Å². The van der Waals surface area contributed by atoms with Gasteiger partial charge in [-0.2, -0.15) is 0 Å². The van der Waals surface area contributed by atoms with Crippen LogP contribution in [0.2, 0.25) is 0 Å². The molecule has 3 N–H and O–H groups in total. The molecule has 1 saturated heterocycles. The third-order valence-electron chi connectivity index (χ3n) is 2.90. The molecule has 0 radical (unpaired) electrons. The minimum Gasteiger partial charge on any atom is -0.465 e. The topological polar surface area (TPSA) is 66.6 Å². The fraction of sp³-hybridized carbons (Fsp3) is 0.900. The molecule has 1 rings (SSSR count). The van der Waals surface area contributed by atoms with Crippen LogP contribution >= 0.6 is 0 Å². The van der Waals surface area contributed by atoms with Crippen LogP contribution < -0.4 is 5.73 Å². The Kier molecular flexibility index (Phi) is 3.23. The van der Waals surface area contributed by atoms with E-state index in [0.717, 1.165) is 0 Å². The molecule has 0 aromatic rings. The first kappa shape index (κ1) is 12.2. The Balaban J connectivity index is 2.95. The van der Waals surface area contributed by atoms with Crippen LogP contribution in [0.5, 0.6) is 0 Å². The molecule has 0 aromatic heterocycles. The van der Waals surface area contributed by atoms with E-state index in [1.807, 2.05) is 20.8 Å². The Morgan fingerprint density at radius 2 is 2.07 bits per heavy atom. The van der Waals surface area contributed by atoms with Crippen LogP contribution in [0, 0.1) is 5.41 Å². The molecule has 0 bridgehead atoms. The standard InChI is InChI=1S/C10H19FN2O2/c1-10(2,3)8-7(12)6(11)4-5-13(8)9(14)15/h6-8H,4-5,12H2,1-3H3,(H,14,15)/t6-,7+,8?/m0/s1. The summed E-state index contributed by atoms with van der Waals surface area (Å²) >= 11 is 0. The summed E-state index contributed by atoms with van der Waals surface area (Å²) < 4.78 is 13.4. The molecule has 1 aliphatic heterocycles. The predicted molar refractivity (Wildman–Crippen MR) is 55.5 cm³/mol. The highest BCUT2D eigenvalue weighted by molar-refractivity contribution is 5.66. The Morgan fingerprint density at radius 1 is 1.53 bits per heavy atom. The van der Waals surface area contributed by atoms with Crippen LogP contribution in [-0.4, -0.2) is 40.9 Å². The number of carboxylic acid groups (broad SMARTS) is 1. The average Bonchev–Trinajstić information content (AvgIpc) is 2.06. The van der Waals surface area contributed by atoms with Crippen molar-refractivity contribution in [1.29, 1.82) is 0 Å². The summed E-state index contributed by atoms with van der Waals surface area (Å²) in [4.78, 5) is 12.3. The molecule has 1 fully saturated rings. The molecule has 0 aromatic carbocycles. The van der Waals surface area contributed by atoms with E-state index in [9.17, 15) is 9.18 Å². The number of halogens is 1. The van der Waals surface area contributed by atoms with E-state index in [4.69, 9.17) is 10.8 Å². The van der Waals surface area contributed by atoms with Crippen molar-refractivity contribution in [1.82, 2.24) is 4.90 Å². The lowest BCUT2D eigenvalue weighted by molar-refractivity contribution is 0.0152. The highest BCUT2D eigenvalue weighted by Crippen LogP contribution is 2.32. The zero-order valence-corrected chi connectivity index (χ0v) is 9.40. The van der Waals surface area contributed by atoms with Crippen molar-refractivity contribution in [3.05, 3.63) is 0 Å². The lowest BCUT2D eigenvalue weighted by atomic mass is 9.77. The molecule has 1 aliphatic rings. The smallest absolute Gasteiger partial charge is 0.407 e. The van der Waals surface area contributed by atoms with Gasteiger partial charge >= 0.3 is 6.09 Å². The predicted octanol–water partition coefficient (Wildman–Crippen LogP) is 1.45. The molecule has 15 heavy (non-hydrogen) atoms. The van der Waals surface area contributed by atoms with Crippen molar-refractivity contribution in [3.63, 3.8) is 0 Å². The SMILES string of the molecule is CC(C)(C)C1[C@H](N)[C@@H](F)CCN1C(=O)O. The lowest BCUT2D eigenvalue weighted by Gasteiger charge is -2.46. The highest BCUT2D eigenvalue weighted by Gasteiger charge is 2.44. The van der Waals surface area contributed by atoms with E-state index in [2.05, 4.69) is 0 Å². The molecule has 1 heterocycles. The molecular formula is C10H19FN2O2. The molecule has 3 atom stereocenters. The quantitative estimate of drug-likeness (QED) is 0.646. The lowest BCUT2D eigenvalue weighted by Crippen LogP contribution is -2.63. The number of likely N-dealkylation sites (tertiary alicyclic amines) is 1. The van der Waals surface area contributed by atoms with E-state index in [1.54, 1.807) is 0 Å². The first-order valence-corrected chi connectivity index (χ1v) is 5.14. The van der Waals surface area contributed by atoms with Crippen LogP contribution in [0.4, 0.5) is 9.18 Å². The van der Waals surface area contributed by atoms with Crippen LogP contribution in [0.3, 0.4) is 0 Å². The first-order chi connectivity index (χ1) is 6.75. The van der Waals surface area contributed by atoms with Crippen molar-refractivity contribution in [2.45, 2.75) is 45.4 Å². The minimum absolute atomic E-state index is 0.194. The van der Waals surface area contributed by atoms with Gasteiger partial charge in [-0.1, -0.05) is 20.8 Å². The summed E-state index contributed by atoms with van der Waals surface area (Å²) in [6, 6.07) is -1.19. The van der Waals surface area contributed by atoms with Crippen molar-refractivity contribution in [2.24, 2.45) is 11.1 Å². The van der Waals surface area contributed by atoms with Crippen LogP contribution in [0.15, 0.2) is 0 Å². The van der Waals surface area contributed by atoms with Gasteiger partial charge in [0.05, 0.1) is 12.1 Å². The summed E-state index contributed by atoms with van der Waals surface area (Å²) in [6.07, 6.45) is -1.93. The summed E-state index contributed by atoms with van der Waals surface area (Å²) in [6.45, 7) is 5.87. The second-order valence-electron chi connectivity index (χ2n) is 5.17. The number of piperidine rings is 1. The number of alkyl halides is 1. The van der Waals surface area contributed by atoms with E-state index in [0.29, 0.717) is 0 Å². The highest BCUT2D eigenvalue weighted by atomic mass is 19.1. The number of carbonyl (C=O) groups is 1. The monoisotopic (exact) mass is 218 g/mol. The Labute approximate surface area is 89.2 Å². The maximum Gasteiger partial charge on any atom is 0.407 e. The summed E-state index contributed by atoms with van der Waals surface area (Å²) in [5.41, 5.74) is 5.41. The van der Waals surface area contributed by atoms with E-state index in [-0.39, 0.29) is 18.4 Å². The zero-order chi connectivity index (χ0) is 11.8. The van der Waals surface area contributed by atoms with Gasteiger partial charge in [-0.15, -0.1) is 0 Å². The number of nitrogens with two attached hydrogens (primary N) is 1. The van der Waals surface area contributed by atoms with Gasteiger partial charge in [-0.25, -0.2) is 9.18 Å². The average molecular weight is 218 g/mol. The van der Waals surface area contributed by atoms with Gasteiger partial charge in [-0.05, 0) is 11.8 Å². The normalized spacial score (nSPS) is 32.9. The fourth-order valence-electron chi connectivity index (χ4n) is 2.26. The molecule has 0 spiro atoms. The summed E-state index contributed by atoms with van der Waals surface area (Å²) in [5, 5.41) is 9.02. The molecule has 1 unspecified atom stereocenters. The van der Waals surface area contributed by atoms with Crippen molar-refractivity contribution in [2.75, 3.05) is 6.54 Å². The zero-order valence-electron chi connectivity index (χ0n) is 9.40. The summed E-state index contributed by atoms with van der Waals surface area (Å²) in [5.74, 6) is 0. The molecule has 4 nitrogen and oxygen atoms in total. The van der Waals surface area contributed by atoms with Gasteiger partial charge in [0.25, 0.3) is 0 Å². The van der Waals surface area contributed by atoms with Gasteiger partial charge in [0.1, 0.15) is 6.17 Å². The molecule has 0 saturated carbocycles. The van der Waals surface area contributed by atoms with Crippen molar-refractivity contribution in [3.8, 4) is 0 Å². The Morgan fingerprint density at radius 3 is 2.47 bits per heavy atom. The van der Waals surface area contributed by atoms with Crippen LogP contribution in [0.1, 0.15) is 27.2 Å². The maximum absolute atomic E-state index is 13.4. The Hall–Kier alpha value is -0.840. The van der Waals surface area contributed by atoms with Gasteiger partial charge in [-0.3, -0.25) is 0 Å². The van der Waals surface area contributed by atoms with Gasteiger partial charge in [0.2, 0.25) is 0 Å². The van der Waals surface area contributed by atoms with Crippen LogP contribution in [-0.2, 0) is 0 Å². The second kappa shape index (κ2) is 3.96. The van der Waals surface area contributed by atoms with Gasteiger partial charge in [0, 0.05) is 6.54 Å². The minimum atomic E-state index is -1.11. The molecule has 1 amide bonds. The maximum atomic E-state index is 13.4. The number of rotatable bonds is 0. The molecular weight excluding hydrogens is 199 g/mol. The second-order valence-corrected chi connectivity index (χ2v) is 5.17. The molecule has 5 heteroatoms. The number of hydrogen-bond donors (Lipinski definition) is 2. The first-order valence-electron chi connectivity index (χ1n) is 5.14. The van der Waals surface area contributed by atoms with E-state index < -0.39 is 24.3 Å². The fourth-order valence-corrected chi connectivity index (χ4v) is 2.26. The molecule has 0 aliphatic carbocycles. The van der Waals surface area contributed by atoms with Crippen LogP contribution in [0.25, 0.3) is 0 Å². The largest absolute Gasteiger partial charge is 0.465 e. The van der Waals surface area contributed by atoms with Gasteiger partial charge < -0.3 is 15.7 Å². The summed E-state index contributed by atoms with van der Waals surface area (Å²) in [7, 11) is 0. The molecule has 88 valence electrons. The third kappa shape index (κ3) is 2.40. The van der Waals surface area contributed by atoms with Crippen molar-refractivity contribution >= 4 is 6.09 Å².